The molecule has 1 aromatic heterocycles. The van der Waals surface area contributed by atoms with Gasteiger partial charge in [-0.25, -0.2) is 18.1 Å². The predicted molar refractivity (Wildman–Crippen MR) is 68.6 cm³/mol. The Hall–Kier alpha value is -0.920. The fraction of sp³-hybridized carbons (Fsp3) is 0.727. The maximum absolute atomic E-state index is 11.9. The summed E-state index contributed by atoms with van der Waals surface area (Å²) >= 11 is 0. The summed E-state index contributed by atoms with van der Waals surface area (Å²) in [5, 5.41) is 3.48. The summed E-state index contributed by atoms with van der Waals surface area (Å²) in [5.74, 6) is 0. The van der Waals surface area contributed by atoms with Gasteiger partial charge in [0.2, 0.25) is 0 Å². The molecule has 1 saturated heterocycles. The molecule has 0 amide bonds. The van der Waals surface area contributed by atoms with Gasteiger partial charge in [0.25, 0.3) is 10.0 Å². The molecule has 0 aliphatic carbocycles. The van der Waals surface area contributed by atoms with E-state index in [-0.39, 0.29) is 16.5 Å². The summed E-state index contributed by atoms with van der Waals surface area (Å²) in [4.78, 5) is 6.33. The quantitative estimate of drug-likeness (QED) is 0.743. The number of piperidine rings is 1. The molecule has 0 radical (unpaired) electrons. The van der Waals surface area contributed by atoms with Crippen molar-refractivity contribution in [1.29, 1.82) is 0 Å². The zero-order chi connectivity index (χ0) is 13.2. The van der Waals surface area contributed by atoms with E-state index in [4.69, 9.17) is 0 Å². The van der Waals surface area contributed by atoms with Crippen molar-refractivity contribution in [3.8, 4) is 0 Å². The van der Waals surface area contributed by atoms with Crippen LogP contribution in [0, 0.1) is 5.41 Å². The number of nitrogens with zero attached hydrogens (tertiary/aromatic N) is 1. The number of H-pyrrole nitrogens is 1. The first-order valence-electron chi connectivity index (χ1n) is 6.13. The lowest BCUT2D eigenvalue weighted by atomic mass is 9.78. The Labute approximate surface area is 108 Å². The van der Waals surface area contributed by atoms with Crippen molar-refractivity contribution in [3.05, 3.63) is 12.5 Å². The number of sulfonamides is 1. The summed E-state index contributed by atoms with van der Waals surface area (Å²) in [6.45, 7) is 5.66. The fourth-order valence-corrected chi connectivity index (χ4v) is 3.23. The highest BCUT2D eigenvalue weighted by molar-refractivity contribution is 7.89. The number of nitrogens with one attached hydrogen (secondary N) is 3. The van der Waals surface area contributed by atoms with Crippen molar-refractivity contribution in [2.45, 2.75) is 37.8 Å². The van der Waals surface area contributed by atoms with Crippen molar-refractivity contribution in [2.24, 2.45) is 5.41 Å². The molecular formula is C11H20N4O2S. The van der Waals surface area contributed by atoms with E-state index in [1.54, 1.807) is 0 Å². The highest BCUT2D eigenvalue weighted by atomic mass is 32.2. The lowest BCUT2D eigenvalue weighted by Crippen LogP contribution is -2.52. The molecule has 1 aliphatic rings. The molecule has 2 heterocycles. The number of hydrogen-bond acceptors (Lipinski definition) is 4. The van der Waals surface area contributed by atoms with Crippen LogP contribution in [0.3, 0.4) is 0 Å². The average Bonchev–Trinajstić information content (AvgIpc) is 2.81. The van der Waals surface area contributed by atoms with Crippen LogP contribution in [0.2, 0.25) is 0 Å². The van der Waals surface area contributed by atoms with Crippen LogP contribution in [0.15, 0.2) is 17.6 Å². The van der Waals surface area contributed by atoms with Crippen LogP contribution in [0.4, 0.5) is 0 Å². The Morgan fingerprint density at radius 2 is 2.33 bits per heavy atom. The Balaban J connectivity index is 1.99. The summed E-state index contributed by atoms with van der Waals surface area (Å²) in [5.41, 5.74) is 0.106. The molecule has 1 aromatic rings. The molecule has 0 saturated carbocycles. The molecule has 3 N–H and O–H groups in total. The highest BCUT2D eigenvalue weighted by Crippen LogP contribution is 2.29. The summed E-state index contributed by atoms with van der Waals surface area (Å²) in [6.07, 6.45) is 4.91. The SMILES string of the molecule is CC1(C)CCCNC1CNS(=O)(=O)c1cnc[nH]1. The van der Waals surface area contributed by atoms with Crippen molar-refractivity contribution in [3.63, 3.8) is 0 Å². The van der Waals surface area contributed by atoms with Gasteiger partial charge in [0.05, 0.1) is 12.5 Å². The van der Waals surface area contributed by atoms with E-state index in [0.717, 1.165) is 19.4 Å². The first kappa shape index (κ1) is 13.5. The maximum Gasteiger partial charge on any atom is 0.257 e. The number of aromatic nitrogens is 2. The average molecular weight is 272 g/mol. The van der Waals surface area contributed by atoms with Gasteiger partial charge < -0.3 is 10.3 Å². The molecule has 7 heteroatoms. The van der Waals surface area contributed by atoms with E-state index in [1.807, 2.05) is 0 Å². The molecule has 2 rings (SSSR count). The van der Waals surface area contributed by atoms with Crippen molar-refractivity contribution in [2.75, 3.05) is 13.1 Å². The van der Waals surface area contributed by atoms with Crippen LogP contribution < -0.4 is 10.0 Å². The van der Waals surface area contributed by atoms with Gasteiger partial charge >= 0.3 is 0 Å². The van der Waals surface area contributed by atoms with E-state index >= 15 is 0 Å². The molecule has 1 unspecified atom stereocenters. The lowest BCUT2D eigenvalue weighted by Gasteiger charge is -2.39. The van der Waals surface area contributed by atoms with Crippen LogP contribution in [0.1, 0.15) is 26.7 Å². The first-order valence-corrected chi connectivity index (χ1v) is 7.61. The second-order valence-electron chi connectivity index (χ2n) is 5.37. The van der Waals surface area contributed by atoms with Crippen molar-refractivity contribution < 1.29 is 8.42 Å². The number of hydrogen-bond donors (Lipinski definition) is 3. The molecule has 102 valence electrons. The van der Waals surface area contributed by atoms with E-state index in [1.165, 1.54) is 12.5 Å². The standard InChI is InChI=1S/C11H20N4O2S/c1-11(2)4-3-5-13-9(11)6-15-18(16,17)10-7-12-8-14-10/h7-9,13,15H,3-6H2,1-2H3,(H,12,14). The maximum atomic E-state index is 11.9. The molecule has 0 aromatic carbocycles. The number of aromatic amines is 1. The van der Waals surface area contributed by atoms with Gasteiger partial charge in [0.1, 0.15) is 0 Å². The van der Waals surface area contributed by atoms with E-state index < -0.39 is 10.0 Å². The molecule has 18 heavy (non-hydrogen) atoms. The molecule has 0 bridgehead atoms. The van der Waals surface area contributed by atoms with Gasteiger partial charge in [-0.3, -0.25) is 0 Å². The van der Waals surface area contributed by atoms with Crippen LogP contribution in [0.5, 0.6) is 0 Å². The second-order valence-corrected chi connectivity index (χ2v) is 7.10. The Bertz CT molecular complexity index is 481. The molecule has 1 atom stereocenters. The van der Waals surface area contributed by atoms with Crippen LogP contribution >= 0.6 is 0 Å². The lowest BCUT2D eigenvalue weighted by molar-refractivity contribution is 0.181. The van der Waals surface area contributed by atoms with Gasteiger partial charge in [0, 0.05) is 12.6 Å². The van der Waals surface area contributed by atoms with Gasteiger partial charge in [-0.15, -0.1) is 0 Å². The van der Waals surface area contributed by atoms with Crippen molar-refractivity contribution in [1.82, 2.24) is 20.0 Å². The molecular weight excluding hydrogens is 252 g/mol. The van der Waals surface area contributed by atoms with Crippen molar-refractivity contribution >= 4 is 10.0 Å². The minimum atomic E-state index is -3.47. The topological polar surface area (TPSA) is 86.9 Å². The Morgan fingerprint density at radius 3 is 2.94 bits per heavy atom. The minimum Gasteiger partial charge on any atom is -0.335 e. The van der Waals surface area contributed by atoms with Crippen LogP contribution in [0.25, 0.3) is 0 Å². The monoisotopic (exact) mass is 272 g/mol. The summed E-state index contributed by atoms with van der Waals surface area (Å²) in [6, 6.07) is 0.156. The third-order valence-electron chi connectivity index (χ3n) is 3.57. The number of imidazole rings is 1. The highest BCUT2D eigenvalue weighted by Gasteiger charge is 2.32. The van der Waals surface area contributed by atoms with Gasteiger partial charge in [-0.2, -0.15) is 0 Å². The third kappa shape index (κ3) is 2.90. The number of rotatable bonds is 4. The molecule has 1 fully saturated rings. The molecule has 6 nitrogen and oxygen atoms in total. The largest absolute Gasteiger partial charge is 0.335 e. The Kier molecular flexibility index (Phi) is 3.74. The summed E-state index contributed by atoms with van der Waals surface area (Å²) in [7, 11) is -3.47. The Morgan fingerprint density at radius 1 is 1.56 bits per heavy atom. The van der Waals surface area contributed by atoms with Gasteiger partial charge in [-0.05, 0) is 24.8 Å². The fourth-order valence-electron chi connectivity index (χ4n) is 2.28. The summed E-state index contributed by atoms with van der Waals surface area (Å²) < 4.78 is 26.5. The molecule has 1 aliphatic heterocycles. The smallest absolute Gasteiger partial charge is 0.257 e. The molecule has 0 spiro atoms. The van der Waals surface area contributed by atoms with Gasteiger partial charge in [-0.1, -0.05) is 13.8 Å². The van der Waals surface area contributed by atoms with Crippen LogP contribution in [-0.4, -0.2) is 37.5 Å². The zero-order valence-corrected chi connectivity index (χ0v) is 11.5. The minimum absolute atomic E-state index is 0.106. The second kappa shape index (κ2) is 4.99. The van der Waals surface area contributed by atoms with E-state index in [9.17, 15) is 8.42 Å². The third-order valence-corrected chi connectivity index (χ3v) is 4.92. The normalized spacial score (nSPS) is 24.0. The first-order chi connectivity index (χ1) is 8.42. The van der Waals surface area contributed by atoms with E-state index in [0.29, 0.717) is 6.54 Å². The predicted octanol–water partition coefficient (Wildman–Crippen LogP) is 0.466. The van der Waals surface area contributed by atoms with E-state index in [2.05, 4.69) is 33.9 Å². The van der Waals surface area contributed by atoms with Gasteiger partial charge in [0.15, 0.2) is 5.03 Å². The zero-order valence-electron chi connectivity index (χ0n) is 10.7. The van der Waals surface area contributed by atoms with Crippen LogP contribution in [-0.2, 0) is 10.0 Å².